The average Bonchev–Trinajstić information content (AvgIpc) is 2.83. The lowest BCUT2D eigenvalue weighted by Gasteiger charge is -2.20. The third-order valence-electron chi connectivity index (χ3n) is 2.66. The Balaban J connectivity index is 2.65. The monoisotopic (exact) mass is 314 g/mol. The molecule has 1 rings (SSSR count). The molecule has 0 saturated heterocycles. The van der Waals surface area contributed by atoms with Crippen LogP contribution in [-0.4, -0.2) is 34.8 Å². The van der Waals surface area contributed by atoms with Crippen molar-refractivity contribution >= 4 is 28.5 Å². The molecule has 0 aliphatic heterocycles. The molecule has 8 heteroatoms. The van der Waals surface area contributed by atoms with E-state index in [1.54, 1.807) is 6.92 Å². The zero-order valence-electron chi connectivity index (χ0n) is 12.8. The highest BCUT2D eigenvalue weighted by Gasteiger charge is 2.25. The second kappa shape index (κ2) is 8.56. The Morgan fingerprint density at radius 2 is 2.00 bits per heavy atom. The van der Waals surface area contributed by atoms with Crippen molar-refractivity contribution in [3.05, 3.63) is 5.01 Å². The van der Waals surface area contributed by atoms with Crippen molar-refractivity contribution in [2.75, 3.05) is 11.9 Å². The molecule has 1 heterocycles. The molecule has 1 unspecified atom stereocenters. The zero-order chi connectivity index (χ0) is 15.8. The summed E-state index contributed by atoms with van der Waals surface area (Å²) in [5.74, 6) is -0.394. The van der Waals surface area contributed by atoms with Crippen LogP contribution in [0.15, 0.2) is 0 Å². The van der Waals surface area contributed by atoms with Gasteiger partial charge in [0.05, 0.1) is 6.61 Å². The van der Waals surface area contributed by atoms with Crippen LogP contribution in [0, 0.1) is 5.92 Å². The van der Waals surface area contributed by atoms with Gasteiger partial charge in [0.25, 0.3) is 0 Å². The van der Waals surface area contributed by atoms with Crippen LogP contribution in [0.4, 0.5) is 9.93 Å². The molecule has 0 bridgehead atoms. The maximum atomic E-state index is 12.2. The normalized spacial score (nSPS) is 12.0. The minimum atomic E-state index is -0.678. The molecule has 0 saturated carbocycles. The van der Waals surface area contributed by atoms with Crippen molar-refractivity contribution in [3.8, 4) is 0 Å². The first-order chi connectivity index (χ1) is 9.97. The number of aryl methyl sites for hydroxylation is 1. The topological polar surface area (TPSA) is 93.2 Å². The molecule has 1 aromatic heterocycles. The number of hydrogen-bond acceptors (Lipinski definition) is 6. The van der Waals surface area contributed by atoms with Gasteiger partial charge in [0.2, 0.25) is 11.0 Å². The first-order valence-electron chi connectivity index (χ1n) is 7.04. The van der Waals surface area contributed by atoms with Crippen LogP contribution >= 0.6 is 11.3 Å². The van der Waals surface area contributed by atoms with E-state index < -0.39 is 12.1 Å². The highest BCUT2D eigenvalue weighted by molar-refractivity contribution is 7.15. The predicted molar refractivity (Wildman–Crippen MR) is 81.3 cm³/mol. The summed E-state index contributed by atoms with van der Waals surface area (Å²) in [6.07, 6.45) is 1.21. The number of carbonyl (C=O) groups is 2. The standard InChI is InChI=1S/C13H22N4O3S/c1-5-7-9-16-17-12(21-9)15-11(18)10(8(3)4)14-13(19)20-6-2/h8,10H,5-7H2,1-4H3,(H,14,19)(H,15,17,18). The van der Waals surface area contributed by atoms with Crippen molar-refractivity contribution in [3.63, 3.8) is 0 Å². The molecule has 0 spiro atoms. The number of rotatable bonds is 7. The quantitative estimate of drug-likeness (QED) is 0.804. The number of anilines is 1. The second-order valence-corrected chi connectivity index (χ2v) is 5.89. The van der Waals surface area contributed by atoms with E-state index in [2.05, 4.69) is 27.8 Å². The molecule has 2 N–H and O–H groups in total. The van der Waals surface area contributed by atoms with Crippen LogP contribution in [0.2, 0.25) is 0 Å². The number of hydrogen-bond donors (Lipinski definition) is 2. The maximum absolute atomic E-state index is 12.2. The molecule has 0 aromatic carbocycles. The lowest BCUT2D eigenvalue weighted by Crippen LogP contribution is -2.47. The van der Waals surface area contributed by atoms with E-state index in [9.17, 15) is 9.59 Å². The molecule has 1 atom stereocenters. The molecule has 0 aliphatic carbocycles. The average molecular weight is 314 g/mol. The lowest BCUT2D eigenvalue weighted by atomic mass is 10.0. The van der Waals surface area contributed by atoms with Gasteiger partial charge in [-0.1, -0.05) is 32.1 Å². The van der Waals surface area contributed by atoms with Gasteiger partial charge in [-0.15, -0.1) is 10.2 Å². The minimum absolute atomic E-state index is 0.0718. The number of ether oxygens (including phenoxy) is 1. The van der Waals surface area contributed by atoms with Gasteiger partial charge in [-0.05, 0) is 19.3 Å². The summed E-state index contributed by atoms with van der Waals surface area (Å²) < 4.78 is 4.80. The summed E-state index contributed by atoms with van der Waals surface area (Å²) in [7, 11) is 0. The molecule has 0 fully saturated rings. The highest BCUT2D eigenvalue weighted by Crippen LogP contribution is 2.17. The summed E-state index contributed by atoms with van der Waals surface area (Å²) in [5.41, 5.74) is 0. The number of amides is 2. The molecular weight excluding hydrogens is 292 g/mol. The van der Waals surface area contributed by atoms with Crippen molar-refractivity contribution < 1.29 is 14.3 Å². The van der Waals surface area contributed by atoms with Gasteiger partial charge in [-0.25, -0.2) is 4.79 Å². The van der Waals surface area contributed by atoms with Gasteiger partial charge >= 0.3 is 6.09 Å². The molecule has 7 nitrogen and oxygen atoms in total. The van der Waals surface area contributed by atoms with E-state index in [-0.39, 0.29) is 18.4 Å². The maximum Gasteiger partial charge on any atom is 0.407 e. The van der Waals surface area contributed by atoms with Crippen molar-refractivity contribution in [1.29, 1.82) is 0 Å². The Kier molecular flexibility index (Phi) is 7.07. The van der Waals surface area contributed by atoms with Crippen LogP contribution < -0.4 is 10.6 Å². The summed E-state index contributed by atoms with van der Waals surface area (Å²) >= 11 is 1.35. The highest BCUT2D eigenvalue weighted by atomic mass is 32.1. The van der Waals surface area contributed by atoms with Crippen LogP contribution in [0.1, 0.15) is 39.1 Å². The van der Waals surface area contributed by atoms with Crippen molar-refractivity contribution in [2.24, 2.45) is 5.92 Å². The Morgan fingerprint density at radius 1 is 1.29 bits per heavy atom. The Hall–Kier alpha value is -1.70. The van der Waals surface area contributed by atoms with Crippen LogP contribution in [0.5, 0.6) is 0 Å². The van der Waals surface area contributed by atoms with Gasteiger partial charge in [-0.2, -0.15) is 0 Å². The molecular formula is C13H22N4O3S. The Labute approximate surface area is 128 Å². The summed E-state index contributed by atoms with van der Waals surface area (Å²) in [4.78, 5) is 23.7. The third-order valence-corrected chi connectivity index (χ3v) is 3.56. The van der Waals surface area contributed by atoms with Crippen LogP contribution in [-0.2, 0) is 16.0 Å². The van der Waals surface area contributed by atoms with E-state index in [0.717, 1.165) is 17.8 Å². The van der Waals surface area contributed by atoms with E-state index in [1.807, 2.05) is 13.8 Å². The van der Waals surface area contributed by atoms with E-state index in [0.29, 0.717) is 5.13 Å². The van der Waals surface area contributed by atoms with E-state index in [4.69, 9.17) is 4.74 Å². The Morgan fingerprint density at radius 3 is 2.57 bits per heavy atom. The SMILES string of the molecule is CCCc1nnc(NC(=O)C(NC(=O)OCC)C(C)C)s1. The second-order valence-electron chi connectivity index (χ2n) is 4.83. The fraction of sp³-hybridized carbons (Fsp3) is 0.692. The van der Waals surface area contributed by atoms with Crippen LogP contribution in [0.25, 0.3) is 0 Å². The van der Waals surface area contributed by atoms with E-state index >= 15 is 0 Å². The lowest BCUT2D eigenvalue weighted by molar-refractivity contribution is -0.119. The summed E-state index contributed by atoms with van der Waals surface area (Å²) in [5, 5.41) is 14.5. The first-order valence-corrected chi connectivity index (χ1v) is 7.86. The minimum Gasteiger partial charge on any atom is -0.450 e. The van der Waals surface area contributed by atoms with Crippen LogP contribution in [0.3, 0.4) is 0 Å². The Bertz CT molecular complexity index is 476. The van der Waals surface area contributed by atoms with Gasteiger partial charge in [0.1, 0.15) is 11.0 Å². The number of nitrogens with zero attached hydrogens (tertiary/aromatic N) is 2. The van der Waals surface area contributed by atoms with Gasteiger partial charge in [0.15, 0.2) is 0 Å². The van der Waals surface area contributed by atoms with E-state index in [1.165, 1.54) is 11.3 Å². The van der Waals surface area contributed by atoms with Gasteiger partial charge in [0, 0.05) is 6.42 Å². The number of carbonyl (C=O) groups excluding carboxylic acids is 2. The number of nitrogens with one attached hydrogen (secondary N) is 2. The fourth-order valence-corrected chi connectivity index (χ4v) is 2.48. The zero-order valence-corrected chi connectivity index (χ0v) is 13.6. The molecule has 118 valence electrons. The summed E-state index contributed by atoms with van der Waals surface area (Å²) in [6, 6.07) is -0.678. The van der Waals surface area contributed by atoms with Crippen molar-refractivity contribution in [2.45, 2.75) is 46.6 Å². The molecule has 21 heavy (non-hydrogen) atoms. The largest absolute Gasteiger partial charge is 0.450 e. The molecule has 2 amide bonds. The molecule has 0 radical (unpaired) electrons. The van der Waals surface area contributed by atoms with Gasteiger partial charge in [-0.3, -0.25) is 10.1 Å². The molecule has 1 aromatic rings. The number of aromatic nitrogens is 2. The third kappa shape index (κ3) is 5.66. The summed E-state index contributed by atoms with van der Waals surface area (Å²) in [6.45, 7) is 7.71. The number of alkyl carbamates (subject to hydrolysis) is 1. The first kappa shape index (κ1) is 17.4. The predicted octanol–water partition coefficient (Wildman–Crippen LogP) is 2.20. The fourth-order valence-electron chi connectivity index (χ4n) is 1.64. The smallest absolute Gasteiger partial charge is 0.407 e. The van der Waals surface area contributed by atoms with Gasteiger partial charge < -0.3 is 10.1 Å². The van der Waals surface area contributed by atoms with Crippen molar-refractivity contribution in [1.82, 2.24) is 15.5 Å². The molecule has 0 aliphatic rings.